The molecule has 0 atom stereocenters. The lowest BCUT2D eigenvalue weighted by Crippen LogP contribution is -2.42. The number of benzene rings is 1. The molecule has 0 bridgehead atoms. The molecule has 1 saturated heterocycles. The molecule has 5 nitrogen and oxygen atoms in total. The topological polar surface area (TPSA) is 55.8 Å². The van der Waals surface area contributed by atoms with Crippen LogP contribution in [0.15, 0.2) is 30.8 Å². The molecule has 1 aliphatic rings. The Hall–Kier alpha value is -2.15. The third-order valence-corrected chi connectivity index (χ3v) is 2.77. The lowest BCUT2D eigenvalue weighted by atomic mass is 9.74. The molecule has 0 saturated carbocycles. The summed E-state index contributed by atoms with van der Waals surface area (Å²) < 4.78 is 23.0. The fraction of sp³-hybridized carbons (Fsp3) is 0.231. The Kier molecular flexibility index (Phi) is 4.19. The van der Waals surface area contributed by atoms with E-state index in [2.05, 4.69) is 6.58 Å². The first kappa shape index (κ1) is 14.3. The number of hydrogen-bond donors (Lipinski definition) is 0. The summed E-state index contributed by atoms with van der Waals surface area (Å²) in [5, 5.41) is 0. The number of halogens is 1. The van der Waals surface area contributed by atoms with Crippen molar-refractivity contribution in [2.45, 2.75) is 0 Å². The van der Waals surface area contributed by atoms with Gasteiger partial charge in [0.1, 0.15) is 5.82 Å². The second-order valence-corrected chi connectivity index (χ2v) is 4.52. The molecule has 104 valence electrons. The second-order valence-electron chi connectivity index (χ2n) is 4.52. The summed E-state index contributed by atoms with van der Waals surface area (Å²) in [4.78, 5) is 24.7. The van der Waals surface area contributed by atoms with E-state index in [9.17, 15) is 14.0 Å². The zero-order valence-corrected chi connectivity index (χ0v) is 11.0. The third kappa shape index (κ3) is 3.45. The van der Waals surface area contributed by atoms with Gasteiger partial charge in [-0.2, -0.15) is 0 Å². The molecule has 0 unspecified atom stereocenters. The molecule has 0 spiro atoms. The number of nitrogens with zero attached hydrogens (tertiary/aromatic N) is 1. The average molecular weight is 277 g/mol. The standard InChI is InChI=1S/C13H13BFNO4/c1-9(10-3-5-11(15)6-4-10)14-19-12(17)7-16(2)8-13(18)20-14/h3-6H,1,7-8H2,2H3. The van der Waals surface area contributed by atoms with E-state index in [4.69, 9.17) is 9.31 Å². The van der Waals surface area contributed by atoms with E-state index >= 15 is 0 Å². The molecule has 0 radical (unpaired) electrons. The lowest BCUT2D eigenvalue weighted by molar-refractivity contribution is -0.145. The van der Waals surface area contributed by atoms with E-state index in [0.29, 0.717) is 5.56 Å². The van der Waals surface area contributed by atoms with E-state index in [-0.39, 0.29) is 18.6 Å². The SMILES string of the molecule is C=C(B1OC(=O)CN(C)CC(=O)O1)c1ccc(F)cc1. The maximum Gasteiger partial charge on any atom is 0.636 e. The van der Waals surface area contributed by atoms with Crippen molar-refractivity contribution in [3.8, 4) is 0 Å². The van der Waals surface area contributed by atoms with Crippen molar-refractivity contribution in [2.75, 3.05) is 20.1 Å². The van der Waals surface area contributed by atoms with Crippen LogP contribution in [0, 0.1) is 5.82 Å². The van der Waals surface area contributed by atoms with Gasteiger partial charge in [-0.05, 0) is 24.7 Å². The summed E-state index contributed by atoms with van der Waals surface area (Å²) in [5.74, 6) is -1.43. The van der Waals surface area contributed by atoms with Gasteiger partial charge in [0, 0.05) is 5.47 Å². The van der Waals surface area contributed by atoms with Gasteiger partial charge in [-0.15, -0.1) is 0 Å². The normalized spacial score (nSPS) is 17.0. The fourth-order valence-corrected chi connectivity index (χ4v) is 1.78. The van der Waals surface area contributed by atoms with Gasteiger partial charge in [0.05, 0.1) is 13.1 Å². The number of likely N-dealkylation sites (N-methyl/N-ethyl adjacent to an activating group) is 1. The highest BCUT2D eigenvalue weighted by Crippen LogP contribution is 2.19. The summed E-state index contributed by atoms with van der Waals surface area (Å²) in [5.41, 5.74) is 0.821. The van der Waals surface area contributed by atoms with Crippen LogP contribution in [0.5, 0.6) is 0 Å². The third-order valence-electron chi connectivity index (χ3n) is 2.77. The molecule has 0 aromatic heterocycles. The van der Waals surface area contributed by atoms with E-state index in [1.165, 1.54) is 29.2 Å². The highest BCUT2D eigenvalue weighted by Gasteiger charge is 2.35. The minimum absolute atomic E-state index is 0.0116. The molecule has 1 aromatic rings. The monoisotopic (exact) mass is 277 g/mol. The summed E-state index contributed by atoms with van der Waals surface area (Å²) in [7, 11) is 0.423. The molecule has 20 heavy (non-hydrogen) atoms. The molecule has 1 fully saturated rings. The van der Waals surface area contributed by atoms with Crippen molar-refractivity contribution in [1.29, 1.82) is 0 Å². The van der Waals surface area contributed by atoms with Gasteiger partial charge in [-0.25, -0.2) is 4.39 Å². The molecule has 1 aromatic carbocycles. The fourth-order valence-electron chi connectivity index (χ4n) is 1.78. The van der Waals surface area contributed by atoms with E-state index in [0.717, 1.165) is 0 Å². The molecule has 2 rings (SSSR count). The van der Waals surface area contributed by atoms with Gasteiger partial charge in [-0.3, -0.25) is 14.5 Å². The van der Waals surface area contributed by atoms with Crippen LogP contribution in [0.1, 0.15) is 5.56 Å². The molecule has 0 aliphatic carbocycles. The second kappa shape index (κ2) is 5.87. The molecular weight excluding hydrogens is 264 g/mol. The Morgan fingerprint density at radius 2 is 1.70 bits per heavy atom. The Morgan fingerprint density at radius 3 is 2.20 bits per heavy atom. The minimum Gasteiger partial charge on any atom is -0.494 e. The quantitative estimate of drug-likeness (QED) is 0.752. The Balaban J connectivity index is 2.16. The Labute approximate surface area is 116 Å². The van der Waals surface area contributed by atoms with Crippen LogP contribution >= 0.6 is 0 Å². The number of hydrogen-bond acceptors (Lipinski definition) is 5. The predicted octanol–water partition coefficient (Wildman–Crippen LogP) is 0.898. The number of carbonyl (C=O) groups is 2. The average Bonchev–Trinajstić information content (AvgIpc) is 2.36. The maximum atomic E-state index is 12.9. The van der Waals surface area contributed by atoms with Crippen LogP contribution < -0.4 is 0 Å². The van der Waals surface area contributed by atoms with Gasteiger partial charge in [0.25, 0.3) is 0 Å². The highest BCUT2D eigenvalue weighted by atomic mass is 19.1. The number of rotatable bonds is 2. The van der Waals surface area contributed by atoms with Crippen molar-refractivity contribution in [3.05, 3.63) is 42.2 Å². The summed E-state index contributed by atoms with van der Waals surface area (Å²) in [6.07, 6.45) is 0. The van der Waals surface area contributed by atoms with Crippen molar-refractivity contribution in [1.82, 2.24) is 4.90 Å². The van der Waals surface area contributed by atoms with Gasteiger partial charge in [0.15, 0.2) is 0 Å². The predicted molar refractivity (Wildman–Crippen MR) is 70.9 cm³/mol. The Bertz CT molecular complexity index is 526. The van der Waals surface area contributed by atoms with Crippen LogP contribution in [0.3, 0.4) is 0 Å². The van der Waals surface area contributed by atoms with E-state index in [1.54, 1.807) is 7.05 Å². The van der Waals surface area contributed by atoms with Gasteiger partial charge in [0.2, 0.25) is 0 Å². The maximum absolute atomic E-state index is 12.9. The Morgan fingerprint density at radius 1 is 1.20 bits per heavy atom. The first-order valence-corrected chi connectivity index (χ1v) is 5.98. The minimum atomic E-state index is -1.19. The molecule has 0 N–H and O–H groups in total. The highest BCUT2D eigenvalue weighted by molar-refractivity contribution is 6.70. The van der Waals surface area contributed by atoms with Crippen LogP contribution in [-0.2, 0) is 18.9 Å². The molecule has 1 heterocycles. The van der Waals surface area contributed by atoms with Gasteiger partial charge >= 0.3 is 19.1 Å². The van der Waals surface area contributed by atoms with Crippen LogP contribution in [0.2, 0.25) is 0 Å². The number of carbonyl (C=O) groups excluding carboxylic acids is 2. The molecule has 1 aliphatic heterocycles. The largest absolute Gasteiger partial charge is 0.636 e. The van der Waals surface area contributed by atoms with Crippen molar-refractivity contribution in [3.63, 3.8) is 0 Å². The zero-order chi connectivity index (χ0) is 14.7. The van der Waals surface area contributed by atoms with Gasteiger partial charge < -0.3 is 9.31 Å². The summed E-state index contributed by atoms with van der Waals surface area (Å²) in [6, 6.07) is 5.45. The molecule has 7 heteroatoms. The van der Waals surface area contributed by atoms with Crippen LogP contribution in [-0.4, -0.2) is 44.1 Å². The molecule has 0 amide bonds. The molecular formula is C13H13BFNO4. The van der Waals surface area contributed by atoms with Crippen molar-refractivity contribution in [2.24, 2.45) is 0 Å². The van der Waals surface area contributed by atoms with Crippen molar-refractivity contribution < 1.29 is 23.3 Å². The van der Waals surface area contributed by atoms with E-state index in [1.807, 2.05) is 0 Å². The van der Waals surface area contributed by atoms with Crippen molar-refractivity contribution >= 4 is 24.5 Å². The van der Waals surface area contributed by atoms with Crippen LogP contribution in [0.25, 0.3) is 5.47 Å². The first-order chi connectivity index (χ1) is 9.45. The van der Waals surface area contributed by atoms with Gasteiger partial charge in [-0.1, -0.05) is 18.7 Å². The van der Waals surface area contributed by atoms with Crippen LogP contribution in [0.4, 0.5) is 4.39 Å². The lowest BCUT2D eigenvalue weighted by Gasteiger charge is -2.23. The summed E-state index contributed by atoms with van der Waals surface area (Å²) >= 11 is 0. The summed E-state index contributed by atoms with van der Waals surface area (Å²) in [6.45, 7) is 3.72. The smallest absolute Gasteiger partial charge is 0.494 e. The first-order valence-electron chi connectivity index (χ1n) is 5.98. The zero-order valence-electron chi connectivity index (χ0n) is 11.0. The van der Waals surface area contributed by atoms with E-state index < -0.39 is 24.9 Å².